The van der Waals surface area contributed by atoms with Gasteiger partial charge >= 0.3 is 0 Å². The van der Waals surface area contributed by atoms with E-state index in [9.17, 15) is 9.59 Å². The molecule has 102 valence electrons. The fraction of sp³-hybridized carbons (Fsp3) is 0.462. The van der Waals surface area contributed by atoms with E-state index >= 15 is 0 Å². The van der Waals surface area contributed by atoms with Crippen molar-refractivity contribution in [1.82, 2.24) is 9.88 Å². The van der Waals surface area contributed by atoms with Gasteiger partial charge in [0, 0.05) is 18.2 Å². The summed E-state index contributed by atoms with van der Waals surface area (Å²) in [4.78, 5) is 29.5. The topological polar surface area (TPSA) is 59.5 Å². The SMILES string of the molecule is COc1cc(C(=O)N2CCC[C@H]2C(C)=O)cc(Cl)n1. The number of pyridine rings is 1. The predicted molar refractivity (Wildman–Crippen MR) is 70.5 cm³/mol. The van der Waals surface area contributed by atoms with Gasteiger partial charge in [0.15, 0.2) is 5.78 Å². The average Bonchev–Trinajstić information content (AvgIpc) is 2.86. The molecule has 1 aliphatic rings. The molecule has 19 heavy (non-hydrogen) atoms. The summed E-state index contributed by atoms with van der Waals surface area (Å²) in [6.45, 7) is 2.10. The van der Waals surface area contributed by atoms with Gasteiger partial charge < -0.3 is 9.64 Å². The number of rotatable bonds is 3. The van der Waals surface area contributed by atoms with E-state index in [0.29, 0.717) is 12.1 Å². The summed E-state index contributed by atoms with van der Waals surface area (Å²) in [7, 11) is 1.46. The monoisotopic (exact) mass is 282 g/mol. The molecule has 0 radical (unpaired) electrons. The molecule has 1 saturated heterocycles. The number of Topliss-reactive ketones (excluding diaryl/α,β-unsaturated/α-hetero) is 1. The zero-order valence-corrected chi connectivity index (χ0v) is 11.6. The highest BCUT2D eigenvalue weighted by Crippen LogP contribution is 2.23. The molecule has 2 heterocycles. The van der Waals surface area contributed by atoms with Crippen LogP contribution in [0.1, 0.15) is 30.1 Å². The second-order valence-electron chi connectivity index (χ2n) is 4.49. The lowest BCUT2D eigenvalue weighted by atomic mass is 10.1. The third-order valence-corrected chi connectivity index (χ3v) is 3.40. The van der Waals surface area contributed by atoms with Gasteiger partial charge in [0.05, 0.1) is 13.2 Å². The molecule has 0 aromatic carbocycles. The Hall–Kier alpha value is -1.62. The molecular weight excluding hydrogens is 268 g/mol. The third kappa shape index (κ3) is 2.87. The molecule has 0 N–H and O–H groups in total. The molecule has 1 aliphatic heterocycles. The van der Waals surface area contributed by atoms with Gasteiger partial charge in [0.2, 0.25) is 5.88 Å². The molecule has 0 spiro atoms. The molecule has 1 aromatic rings. The van der Waals surface area contributed by atoms with Crippen molar-refractivity contribution in [2.75, 3.05) is 13.7 Å². The minimum atomic E-state index is -0.328. The van der Waals surface area contributed by atoms with Gasteiger partial charge in [0.25, 0.3) is 5.91 Å². The van der Waals surface area contributed by atoms with Crippen molar-refractivity contribution in [1.29, 1.82) is 0 Å². The summed E-state index contributed by atoms with van der Waals surface area (Å²) in [6, 6.07) is 2.69. The first kappa shape index (κ1) is 13.8. The minimum absolute atomic E-state index is 0.0120. The van der Waals surface area contributed by atoms with Crippen LogP contribution in [0.5, 0.6) is 5.88 Å². The van der Waals surface area contributed by atoms with Gasteiger partial charge in [-0.2, -0.15) is 0 Å². The Bertz CT molecular complexity index is 519. The van der Waals surface area contributed by atoms with E-state index in [2.05, 4.69) is 4.98 Å². The molecule has 1 aromatic heterocycles. The van der Waals surface area contributed by atoms with Crippen LogP contribution in [-0.4, -0.2) is 41.3 Å². The number of ether oxygens (including phenoxy) is 1. The second-order valence-corrected chi connectivity index (χ2v) is 4.88. The quantitative estimate of drug-likeness (QED) is 0.795. The van der Waals surface area contributed by atoms with E-state index in [1.54, 1.807) is 4.90 Å². The van der Waals surface area contributed by atoms with Crippen LogP contribution in [0.25, 0.3) is 0 Å². The number of aromatic nitrogens is 1. The standard InChI is InChI=1S/C13H15ClN2O3/c1-8(17)10-4-3-5-16(10)13(18)9-6-11(14)15-12(7-9)19-2/h6-7,10H,3-5H2,1-2H3/t10-/m0/s1. The van der Waals surface area contributed by atoms with E-state index in [1.165, 1.54) is 26.2 Å². The lowest BCUT2D eigenvalue weighted by molar-refractivity contribution is -0.120. The van der Waals surface area contributed by atoms with Crippen LogP contribution in [0.3, 0.4) is 0 Å². The fourth-order valence-electron chi connectivity index (χ4n) is 2.30. The fourth-order valence-corrected chi connectivity index (χ4v) is 2.50. The van der Waals surface area contributed by atoms with Crippen molar-refractivity contribution in [2.24, 2.45) is 0 Å². The van der Waals surface area contributed by atoms with Crippen molar-refractivity contribution in [3.05, 3.63) is 22.8 Å². The van der Waals surface area contributed by atoms with Gasteiger partial charge in [-0.05, 0) is 25.8 Å². The van der Waals surface area contributed by atoms with Crippen LogP contribution in [0.15, 0.2) is 12.1 Å². The molecule has 6 heteroatoms. The highest BCUT2D eigenvalue weighted by molar-refractivity contribution is 6.29. The highest BCUT2D eigenvalue weighted by atomic mass is 35.5. The predicted octanol–water partition coefficient (Wildman–Crippen LogP) is 1.94. The molecule has 0 unspecified atom stereocenters. The summed E-state index contributed by atoms with van der Waals surface area (Å²) in [5.41, 5.74) is 0.394. The molecule has 0 aliphatic carbocycles. The van der Waals surface area contributed by atoms with Crippen molar-refractivity contribution in [2.45, 2.75) is 25.8 Å². The summed E-state index contributed by atoms with van der Waals surface area (Å²) in [6.07, 6.45) is 1.56. The van der Waals surface area contributed by atoms with Gasteiger partial charge in [-0.15, -0.1) is 0 Å². The van der Waals surface area contributed by atoms with Gasteiger partial charge in [-0.3, -0.25) is 9.59 Å². The normalized spacial score (nSPS) is 18.5. The maximum Gasteiger partial charge on any atom is 0.254 e. The van der Waals surface area contributed by atoms with Crippen LogP contribution in [0.2, 0.25) is 5.15 Å². The molecule has 1 amide bonds. The molecular formula is C13H15ClN2O3. The first-order valence-electron chi connectivity index (χ1n) is 6.06. The van der Waals surface area contributed by atoms with Crippen LogP contribution in [0.4, 0.5) is 0 Å². The van der Waals surface area contributed by atoms with Crippen LogP contribution >= 0.6 is 11.6 Å². The number of amides is 1. The van der Waals surface area contributed by atoms with Crippen molar-refractivity contribution in [3.63, 3.8) is 0 Å². The number of ketones is 1. The average molecular weight is 283 g/mol. The number of hydrogen-bond donors (Lipinski definition) is 0. The number of methoxy groups -OCH3 is 1. The molecule has 0 bridgehead atoms. The van der Waals surface area contributed by atoms with Crippen LogP contribution in [-0.2, 0) is 4.79 Å². The minimum Gasteiger partial charge on any atom is -0.481 e. The summed E-state index contributed by atoms with van der Waals surface area (Å²) < 4.78 is 4.99. The number of hydrogen-bond acceptors (Lipinski definition) is 4. The lowest BCUT2D eigenvalue weighted by Gasteiger charge is -2.22. The van der Waals surface area contributed by atoms with Crippen LogP contribution < -0.4 is 4.74 Å². The Balaban J connectivity index is 2.28. The summed E-state index contributed by atoms with van der Waals surface area (Å²) >= 11 is 5.85. The van der Waals surface area contributed by atoms with E-state index in [0.717, 1.165) is 12.8 Å². The Kier molecular flexibility index (Phi) is 4.04. The first-order valence-corrected chi connectivity index (χ1v) is 6.43. The molecule has 5 nitrogen and oxygen atoms in total. The lowest BCUT2D eigenvalue weighted by Crippen LogP contribution is -2.39. The molecule has 1 atom stereocenters. The van der Waals surface area contributed by atoms with Crippen molar-refractivity contribution >= 4 is 23.3 Å². The van der Waals surface area contributed by atoms with Crippen molar-refractivity contribution in [3.8, 4) is 5.88 Å². The van der Waals surface area contributed by atoms with E-state index in [1.807, 2.05) is 0 Å². The van der Waals surface area contributed by atoms with Gasteiger partial charge in [-0.1, -0.05) is 11.6 Å². The number of carbonyl (C=O) groups is 2. The Labute approximate surface area is 116 Å². The first-order chi connectivity index (χ1) is 9.02. The van der Waals surface area contributed by atoms with E-state index < -0.39 is 0 Å². The third-order valence-electron chi connectivity index (χ3n) is 3.21. The highest BCUT2D eigenvalue weighted by Gasteiger charge is 2.32. The number of likely N-dealkylation sites (tertiary alicyclic amines) is 1. The number of nitrogens with zero attached hydrogens (tertiary/aromatic N) is 2. The smallest absolute Gasteiger partial charge is 0.254 e. The maximum absolute atomic E-state index is 12.4. The van der Waals surface area contributed by atoms with E-state index in [-0.39, 0.29) is 28.8 Å². The second kappa shape index (κ2) is 5.57. The Morgan fingerprint density at radius 3 is 2.84 bits per heavy atom. The molecule has 0 saturated carbocycles. The summed E-state index contributed by atoms with van der Waals surface area (Å²) in [5, 5.41) is 0.196. The molecule has 2 rings (SSSR count). The van der Waals surface area contributed by atoms with Crippen molar-refractivity contribution < 1.29 is 14.3 Å². The van der Waals surface area contributed by atoms with Gasteiger partial charge in [-0.25, -0.2) is 4.98 Å². The zero-order chi connectivity index (χ0) is 14.0. The maximum atomic E-state index is 12.4. The molecule has 1 fully saturated rings. The summed E-state index contributed by atoms with van der Waals surface area (Å²) in [5.74, 6) is 0.0905. The Morgan fingerprint density at radius 1 is 1.47 bits per heavy atom. The zero-order valence-electron chi connectivity index (χ0n) is 10.9. The largest absolute Gasteiger partial charge is 0.481 e. The Morgan fingerprint density at radius 2 is 2.21 bits per heavy atom. The number of halogens is 1. The van der Waals surface area contributed by atoms with Gasteiger partial charge in [0.1, 0.15) is 5.15 Å². The van der Waals surface area contributed by atoms with E-state index in [4.69, 9.17) is 16.3 Å². The van der Waals surface area contributed by atoms with Crippen LogP contribution in [0, 0.1) is 0 Å². The number of carbonyl (C=O) groups excluding carboxylic acids is 2.